The normalized spacial score (nSPS) is 16.2. The predicted molar refractivity (Wildman–Crippen MR) is 131 cm³/mol. The second kappa shape index (κ2) is 8.79. The van der Waals surface area contributed by atoms with Gasteiger partial charge in [0.05, 0.1) is 0 Å². The number of hydrogen-bond acceptors (Lipinski definition) is 5. The maximum Gasteiger partial charge on any atom is 0.161 e. The highest BCUT2D eigenvalue weighted by atomic mass is 15.3. The number of nitrogens with zero attached hydrogens (tertiary/aromatic N) is 6. The smallest absolute Gasteiger partial charge is 0.161 e. The fraction of sp³-hybridized carbons (Fsp3) is 0.296. The average Bonchev–Trinajstić information content (AvgIpc) is 3.55. The molecule has 33 heavy (non-hydrogen) atoms. The molecule has 4 aromatic rings. The number of benzene rings is 1. The van der Waals surface area contributed by atoms with Crippen LogP contribution < -0.4 is 4.90 Å². The first-order valence-corrected chi connectivity index (χ1v) is 11.9. The molecule has 1 aliphatic heterocycles. The van der Waals surface area contributed by atoms with E-state index in [0.717, 1.165) is 68.6 Å². The molecule has 1 saturated heterocycles. The van der Waals surface area contributed by atoms with E-state index < -0.39 is 0 Å². The zero-order valence-electron chi connectivity index (χ0n) is 18.8. The minimum atomic E-state index is 0.863. The first-order valence-electron chi connectivity index (χ1n) is 11.9. The molecular weight excluding hydrogens is 408 g/mol. The van der Waals surface area contributed by atoms with Crippen molar-refractivity contribution >= 4 is 5.82 Å². The van der Waals surface area contributed by atoms with Crippen molar-refractivity contribution in [1.82, 2.24) is 24.4 Å². The van der Waals surface area contributed by atoms with Crippen molar-refractivity contribution in [2.24, 2.45) is 0 Å². The summed E-state index contributed by atoms with van der Waals surface area (Å²) in [6.07, 6.45) is 7.29. The van der Waals surface area contributed by atoms with Crippen molar-refractivity contribution in [3.63, 3.8) is 0 Å². The lowest BCUT2D eigenvalue weighted by molar-refractivity contribution is 0.245. The van der Waals surface area contributed by atoms with E-state index in [-0.39, 0.29) is 0 Å². The van der Waals surface area contributed by atoms with Gasteiger partial charge in [0.1, 0.15) is 11.6 Å². The minimum Gasteiger partial charge on any atom is -0.354 e. The van der Waals surface area contributed by atoms with Crippen LogP contribution in [0.4, 0.5) is 5.82 Å². The standard InChI is InChI=1S/C27H28N6/c1-2-8-21(9-3-1)26-29-24-12-6-11-23(24)27(30-26)32-18-16-31(17-19-32)20-22-10-7-15-33(22)25-13-4-5-14-28-25/h1-5,7-10,13-15H,6,11-12,16-20H2. The van der Waals surface area contributed by atoms with E-state index in [0.29, 0.717) is 0 Å². The van der Waals surface area contributed by atoms with Gasteiger partial charge >= 0.3 is 0 Å². The number of aromatic nitrogens is 4. The van der Waals surface area contributed by atoms with Crippen LogP contribution in [0.5, 0.6) is 0 Å². The molecule has 1 aromatic carbocycles. The number of anilines is 1. The molecule has 1 fully saturated rings. The van der Waals surface area contributed by atoms with Crippen LogP contribution in [-0.4, -0.2) is 50.6 Å². The fourth-order valence-electron chi connectivity index (χ4n) is 5.00. The SMILES string of the molecule is c1ccc(-c2nc3c(c(N4CCN(Cc5cccn5-c5ccccn5)CC4)n2)CCC3)cc1. The number of aryl methyl sites for hydroxylation is 1. The summed E-state index contributed by atoms with van der Waals surface area (Å²) in [5, 5.41) is 0. The van der Waals surface area contributed by atoms with Crippen LogP contribution in [0.2, 0.25) is 0 Å². The second-order valence-electron chi connectivity index (χ2n) is 8.84. The van der Waals surface area contributed by atoms with Crippen LogP contribution in [0.3, 0.4) is 0 Å². The zero-order valence-corrected chi connectivity index (χ0v) is 18.8. The van der Waals surface area contributed by atoms with E-state index in [4.69, 9.17) is 9.97 Å². The molecule has 2 aliphatic rings. The summed E-state index contributed by atoms with van der Waals surface area (Å²) < 4.78 is 2.19. The van der Waals surface area contributed by atoms with Gasteiger partial charge in [-0.15, -0.1) is 0 Å². The third-order valence-electron chi connectivity index (χ3n) is 6.73. The summed E-state index contributed by atoms with van der Waals surface area (Å²) in [6, 6.07) is 20.7. The summed E-state index contributed by atoms with van der Waals surface area (Å²) in [4.78, 5) is 19.5. The van der Waals surface area contributed by atoms with Crippen molar-refractivity contribution in [3.05, 3.63) is 90.0 Å². The van der Waals surface area contributed by atoms with Gasteiger partial charge in [-0.25, -0.2) is 15.0 Å². The molecule has 0 saturated carbocycles. The predicted octanol–water partition coefficient (Wildman–Crippen LogP) is 4.14. The van der Waals surface area contributed by atoms with E-state index in [2.05, 4.69) is 68.0 Å². The molecule has 0 bridgehead atoms. The first kappa shape index (κ1) is 20.1. The molecule has 6 rings (SSSR count). The molecule has 0 atom stereocenters. The van der Waals surface area contributed by atoms with Crippen LogP contribution in [0, 0.1) is 0 Å². The van der Waals surface area contributed by atoms with Gasteiger partial charge in [0.15, 0.2) is 5.82 Å². The van der Waals surface area contributed by atoms with Gasteiger partial charge in [0, 0.05) is 67.6 Å². The average molecular weight is 437 g/mol. The molecule has 0 spiro atoms. The Morgan fingerprint density at radius 2 is 1.64 bits per heavy atom. The number of hydrogen-bond donors (Lipinski definition) is 0. The zero-order chi connectivity index (χ0) is 22.0. The molecule has 0 unspecified atom stereocenters. The topological polar surface area (TPSA) is 50.1 Å². The monoisotopic (exact) mass is 436 g/mol. The summed E-state index contributed by atoms with van der Waals surface area (Å²) >= 11 is 0. The van der Waals surface area contributed by atoms with Crippen LogP contribution in [0.1, 0.15) is 23.4 Å². The first-order chi connectivity index (χ1) is 16.3. The van der Waals surface area contributed by atoms with E-state index in [9.17, 15) is 0 Å². The molecule has 6 heteroatoms. The van der Waals surface area contributed by atoms with Crippen molar-refractivity contribution < 1.29 is 0 Å². The van der Waals surface area contributed by atoms with E-state index in [1.165, 1.54) is 23.4 Å². The number of fused-ring (bicyclic) bond motifs is 1. The highest BCUT2D eigenvalue weighted by Gasteiger charge is 2.26. The lowest BCUT2D eigenvalue weighted by atomic mass is 10.1. The molecule has 0 radical (unpaired) electrons. The third-order valence-corrected chi connectivity index (χ3v) is 6.73. The summed E-state index contributed by atoms with van der Waals surface area (Å²) in [6.45, 7) is 4.94. The second-order valence-corrected chi connectivity index (χ2v) is 8.84. The molecule has 1 aliphatic carbocycles. The fourth-order valence-corrected chi connectivity index (χ4v) is 5.00. The van der Waals surface area contributed by atoms with Gasteiger partial charge in [0.25, 0.3) is 0 Å². The van der Waals surface area contributed by atoms with Crippen LogP contribution >= 0.6 is 0 Å². The minimum absolute atomic E-state index is 0.863. The maximum absolute atomic E-state index is 5.08. The van der Waals surface area contributed by atoms with Crippen molar-refractivity contribution in [2.75, 3.05) is 31.1 Å². The summed E-state index contributed by atoms with van der Waals surface area (Å²) in [5.41, 5.74) is 4.99. The number of piperazine rings is 1. The lowest BCUT2D eigenvalue weighted by Gasteiger charge is -2.36. The highest BCUT2D eigenvalue weighted by Crippen LogP contribution is 2.32. The van der Waals surface area contributed by atoms with E-state index in [1.54, 1.807) is 0 Å². The Labute approximate surface area is 194 Å². The molecule has 3 aromatic heterocycles. The van der Waals surface area contributed by atoms with Crippen LogP contribution in [-0.2, 0) is 19.4 Å². The van der Waals surface area contributed by atoms with Crippen LogP contribution in [0.25, 0.3) is 17.2 Å². The quantitative estimate of drug-likeness (QED) is 0.471. The Hall–Kier alpha value is -3.51. The molecule has 4 heterocycles. The summed E-state index contributed by atoms with van der Waals surface area (Å²) in [5.74, 6) is 3.00. The van der Waals surface area contributed by atoms with Crippen LogP contribution in [0.15, 0.2) is 73.1 Å². The largest absolute Gasteiger partial charge is 0.354 e. The van der Waals surface area contributed by atoms with E-state index in [1.807, 2.05) is 24.4 Å². The third kappa shape index (κ3) is 4.02. The van der Waals surface area contributed by atoms with Gasteiger partial charge in [-0.05, 0) is 43.5 Å². The van der Waals surface area contributed by atoms with Gasteiger partial charge in [-0.1, -0.05) is 36.4 Å². The Kier molecular flexibility index (Phi) is 5.36. The van der Waals surface area contributed by atoms with Crippen molar-refractivity contribution in [1.29, 1.82) is 0 Å². The Bertz CT molecular complexity index is 1230. The van der Waals surface area contributed by atoms with E-state index >= 15 is 0 Å². The van der Waals surface area contributed by atoms with Crippen molar-refractivity contribution in [3.8, 4) is 17.2 Å². The summed E-state index contributed by atoms with van der Waals surface area (Å²) in [7, 11) is 0. The molecule has 166 valence electrons. The number of pyridine rings is 1. The number of rotatable bonds is 5. The lowest BCUT2D eigenvalue weighted by Crippen LogP contribution is -2.46. The Morgan fingerprint density at radius 3 is 2.45 bits per heavy atom. The molecule has 0 amide bonds. The van der Waals surface area contributed by atoms with Gasteiger partial charge in [0.2, 0.25) is 0 Å². The van der Waals surface area contributed by atoms with Gasteiger partial charge < -0.3 is 9.47 Å². The maximum atomic E-state index is 5.08. The Morgan fingerprint density at radius 1 is 0.788 bits per heavy atom. The van der Waals surface area contributed by atoms with Crippen molar-refractivity contribution in [2.45, 2.75) is 25.8 Å². The van der Waals surface area contributed by atoms with Gasteiger partial charge in [-0.3, -0.25) is 4.90 Å². The molecule has 6 nitrogen and oxygen atoms in total. The Balaban J connectivity index is 1.19. The van der Waals surface area contributed by atoms with Gasteiger partial charge in [-0.2, -0.15) is 0 Å². The molecule has 0 N–H and O–H groups in total. The highest BCUT2D eigenvalue weighted by molar-refractivity contribution is 5.61. The molecular formula is C27H28N6.